The Morgan fingerprint density at radius 3 is 2.62 bits per heavy atom. The zero-order chi connectivity index (χ0) is 15.2. The molecule has 2 atom stereocenters. The summed E-state index contributed by atoms with van der Waals surface area (Å²) in [6.07, 6.45) is 1.73. The molecule has 1 amide bonds. The highest BCUT2D eigenvalue weighted by atomic mass is 32.2. The smallest absolute Gasteiger partial charge is 0.263 e. The van der Waals surface area contributed by atoms with E-state index in [1.165, 1.54) is 17.8 Å². The summed E-state index contributed by atoms with van der Waals surface area (Å²) in [5, 5.41) is 0. The number of sulfone groups is 1. The van der Waals surface area contributed by atoms with E-state index in [1.807, 2.05) is 11.0 Å². The van der Waals surface area contributed by atoms with Gasteiger partial charge in [0.25, 0.3) is 5.91 Å². The van der Waals surface area contributed by atoms with Gasteiger partial charge in [0.15, 0.2) is 9.84 Å². The second-order valence-electron chi connectivity index (χ2n) is 6.56. The van der Waals surface area contributed by atoms with Gasteiger partial charge in [-0.3, -0.25) is 4.79 Å². The largest absolute Gasteiger partial charge is 0.337 e. The van der Waals surface area contributed by atoms with Gasteiger partial charge in [0.2, 0.25) is 0 Å². The molecule has 0 bridgehead atoms. The molecule has 1 aromatic heterocycles. The number of fused-ring (bicyclic) bond motifs is 1. The Balaban J connectivity index is 1.81. The number of nitrogens with zero attached hydrogens (tertiary/aromatic N) is 1. The lowest BCUT2D eigenvalue weighted by molar-refractivity contribution is 0.0628. The molecule has 0 saturated carbocycles. The minimum atomic E-state index is -2.97. The van der Waals surface area contributed by atoms with E-state index < -0.39 is 9.84 Å². The zero-order valence-electron chi connectivity index (χ0n) is 12.5. The van der Waals surface area contributed by atoms with Gasteiger partial charge in [0.1, 0.15) is 0 Å². The van der Waals surface area contributed by atoms with Crippen molar-refractivity contribution in [3.63, 3.8) is 0 Å². The first-order valence-electron chi connectivity index (χ1n) is 7.45. The van der Waals surface area contributed by atoms with Crippen LogP contribution in [0.4, 0.5) is 0 Å². The predicted octanol–water partition coefficient (Wildman–Crippen LogP) is 2.34. The van der Waals surface area contributed by atoms with Crippen molar-refractivity contribution in [3.05, 3.63) is 21.4 Å². The van der Waals surface area contributed by atoms with Crippen molar-refractivity contribution in [3.8, 4) is 0 Å². The van der Waals surface area contributed by atoms with Crippen molar-refractivity contribution in [2.45, 2.75) is 32.4 Å². The fourth-order valence-electron chi connectivity index (χ4n) is 3.45. The number of piperidine rings is 1. The Hall–Kier alpha value is -0.880. The standard InChI is InChI=1S/C15H21NO3S2/c1-10-5-11(2)8-16(7-10)15(17)14-6-12-9-21(18,19)4-3-13(12)20-14/h6,10-11H,3-5,7-9H2,1-2H3/t10-,11+. The highest BCUT2D eigenvalue weighted by molar-refractivity contribution is 7.90. The lowest BCUT2D eigenvalue weighted by atomic mass is 9.92. The third-order valence-electron chi connectivity index (χ3n) is 4.28. The Kier molecular flexibility index (Phi) is 3.86. The van der Waals surface area contributed by atoms with Gasteiger partial charge in [0, 0.05) is 18.0 Å². The topological polar surface area (TPSA) is 54.5 Å². The van der Waals surface area contributed by atoms with Gasteiger partial charge in [-0.25, -0.2) is 8.42 Å². The highest BCUT2D eigenvalue weighted by Gasteiger charge is 2.29. The zero-order valence-corrected chi connectivity index (χ0v) is 14.1. The molecule has 0 spiro atoms. The van der Waals surface area contributed by atoms with Crippen LogP contribution in [0.25, 0.3) is 0 Å². The lowest BCUT2D eigenvalue weighted by Crippen LogP contribution is -2.42. The van der Waals surface area contributed by atoms with Crippen LogP contribution in [0, 0.1) is 11.8 Å². The first kappa shape index (κ1) is 15.0. The quantitative estimate of drug-likeness (QED) is 0.795. The highest BCUT2D eigenvalue weighted by Crippen LogP contribution is 2.31. The molecule has 0 unspecified atom stereocenters. The van der Waals surface area contributed by atoms with E-state index >= 15 is 0 Å². The minimum Gasteiger partial charge on any atom is -0.337 e. The molecule has 3 heterocycles. The maximum atomic E-state index is 12.7. The molecular weight excluding hydrogens is 306 g/mol. The van der Waals surface area contributed by atoms with E-state index in [0.29, 0.717) is 23.1 Å². The van der Waals surface area contributed by atoms with E-state index in [1.54, 1.807) is 0 Å². The summed E-state index contributed by atoms with van der Waals surface area (Å²) in [5.41, 5.74) is 0.840. The summed E-state index contributed by atoms with van der Waals surface area (Å²) >= 11 is 1.48. The molecule has 6 heteroatoms. The maximum absolute atomic E-state index is 12.7. The number of rotatable bonds is 1. The molecule has 0 radical (unpaired) electrons. The van der Waals surface area contributed by atoms with Gasteiger partial charge in [-0.1, -0.05) is 13.8 Å². The number of carbonyl (C=O) groups excluding carboxylic acids is 1. The van der Waals surface area contributed by atoms with E-state index in [0.717, 1.165) is 23.5 Å². The van der Waals surface area contributed by atoms with Crippen LogP contribution in [0.2, 0.25) is 0 Å². The normalized spacial score (nSPS) is 28.2. The molecular formula is C15H21NO3S2. The summed E-state index contributed by atoms with van der Waals surface area (Å²) in [6.45, 7) is 5.98. The number of hydrogen-bond donors (Lipinski definition) is 0. The van der Waals surface area contributed by atoms with Crippen LogP contribution >= 0.6 is 11.3 Å². The van der Waals surface area contributed by atoms with Crippen LogP contribution in [-0.4, -0.2) is 38.1 Å². The number of thiophene rings is 1. The average Bonchev–Trinajstić information content (AvgIpc) is 2.78. The molecule has 4 nitrogen and oxygen atoms in total. The molecule has 1 fully saturated rings. The lowest BCUT2D eigenvalue weighted by Gasteiger charge is -2.34. The molecule has 116 valence electrons. The van der Waals surface area contributed by atoms with Crippen molar-refractivity contribution in [1.29, 1.82) is 0 Å². The number of aryl methyl sites for hydroxylation is 1. The molecule has 2 aliphatic rings. The number of likely N-dealkylation sites (tertiary alicyclic amines) is 1. The van der Waals surface area contributed by atoms with E-state index in [4.69, 9.17) is 0 Å². The van der Waals surface area contributed by atoms with Gasteiger partial charge >= 0.3 is 0 Å². The maximum Gasteiger partial charge on any atom is 0.263 e. The van der Waals surface area contributed by atoms with Crippen LogP contribution in [0.5, 0.6) is 0 Å². The van der Waals surface area contributed by atoms with E-state index in [9.17, 15) is 13.2 Å². The van der Waals surface area contributed by atoms with Crippen molar-refractivity contribution in [2.75, 3.05) is 18.8 Å². The summed E-state index contributed by atoms with van der Waals surface area (Å²) < 4.78 is 23.4. The van der Waals surface area contributed by atoms with Crippen molar-refractivity contribution < 1.29 is 13.2 Å². The van der Waals surface area contributed by atoms with Crippen molar-refractivity contribution in [1.82, 2.24) is 4.90 Å². The van der Waals surface area contributed by atoms with Gasteiger partial charge in [-0.2, -0.15) is 0 Å². The van der Waals surface area contributed by atoms with Crippen LogP contribution in [0.1, 0.15) is 40.4 Å². The van der Waals surface area contributed by atoms with Gasteiger partial charge < -0.3 is 4.90 Å². The Morgan fingerprint density at radius 1 is 1.29 bits per heavy atom. The molecule has 0 N–H and O–H groups in total. The fraction of sp³-hybridized carbons (Fsp3) is 0.667. The first-order valence-corrected chi connectivity index (χ1v) is 10.1. The van der Waals surface area contributed by atoms with Gasteiger partial charge in [-0.15, -0.1) is 11.3 Å². The predicted molar refractivity (Wildman–Crippen MR) is 84.4 cm³/mol. The summed E-state index contributed by atoms with van der Waals surface area (Å²) in [6, 6.07) is 1.81. The summed E-state index contributed by atoms with van der Waals surface area (Å²) in [5.74, 6) is 1.45. The van der Waals surface area contributed by atoms with Crippen LogP contribution in [-0.2, 0) is 22.0 Å². The van der Waals surface area contributed by atoms with E-state index in [-0.39, 0.29) is 17.4 Å². The molecule has 2 aliphatic heterocycles. The number of hydrogen-bond acceptors (Lipinski definition) is 4. The van der Waals surface area contributed by atoms with E-state index in [2.05, 4.69) is 13.8 Å². The molecule has 1 saturated heterocycles. The van der Waals surface area contributed by atoms with Crippen LogP contribution < -0.4 is 0 Å². The van der Waals surface area contributed by atoms with Crippen LogP contribution in [0.15, 0.2) is 6.07 Å². The molecule has 21 heavy (non-hydrogen) atoms. The fourth-order valence-corrected chi connectivity index (χ4v) is 6.21. The molecule has 0 aliphatic carbocycles. The monoisotopic (exact) mass is 327 g/mol. The Bertz CT molecular complexity index is 652. The SMILES string of the molecule is C[C@@H]1C[C@H](C)CN(C(=O)c2cc3c(s2)CCS(=O)(=O)C3)C1. The van der Waals surface area contributed by atoms with Crippen LogP contribution in [0.3, 0.4) is 0 Å². The third-order valence-corrected chi connectivity index (χ3v) is 7.08. The average molecular weight is 327 g/mol. The second-order valence-corrected chi connectivity index (χ2v) is 9.88. The van der Waals surface area contributed by atoms with Gasteiger partial charge in [0.05, 0.1) is 16.4 Å². The summed E-state index contributed by atoms with van der Waals surface area (Å²) in [7, 11) is -2.97. The third kappa shape index (κ3) is 3.16. The number of carbonyl (C=O) groups is 1. The van der Waals surface area contributed by atoms with Crippen molar-refractivity contribution in [2.24, 2.45) is 11.8 Å². The number of amides is 1. The van der Waals surface area contributed by atoms with Crippen molar-refractivity contribution >= 4 is 27.1 Å². The Labute approximate surface area is 130 Å². The Morgan fingerprint density at radius 2 is 1.95 bits per heavy atom. The minimum absolute atomic E-state index is 0.0743. The first-order chi connectivity index (χ1) is 9.84. The second kappa shape index (κ2) is 5.39. The molecule has 3 rings (SSSR count). The summed E-state index contributed by atoms with van der Waals surface area (Å²) in [4.78, 5) is 16.4. The molecule has 0 aromatic carbocycles. The molecule has 1 aromatic rings. The van der Waals surface area contributed by atoms with Gasteiger partial charge in [-0.05, 0) is 36.3 Å².